The molecule has 22 heavy (non-hydrogen) atoms. The monoisotopic (exact) mass is 309 g/mol. The number of aliphatic imine (C=N–C) groups is 1. The molecular formula is C16H31N5O. The zero-order valence-corrected chi connectivity index (χ0v) is 14.7. The van der Waals surface area contributed by atoms with Crippen molar-refractivity contribution in [3.8, 4) is 0 Å². The van der Waals surface area contributed by atoms with Gasteiger partial charge in [0.25, 0.3) is 0 Å². The van der Waals surface area contributed by atoms with Crippen LogP contribution in [0, 0.1) is 0 Å². The first-order valence-corrected chi connectivity index (χ1v) is 8.25. The third-order valence-corrected chi connectivity index (χ3v) is 3.42. The molecule has 0 fully saturated rings. The van der Waals surface area contributed by atoms with Crippen LogP contribution < -0.4 is 10.6 Å². The lowest BCUT2D eigenvalue weighted by molar-refractivity contribution is 0.380. The van der Waals surface area contributed by atoms with Crippen LogP contribution in [0.3, 0.4) is 0 Å². The third-order valence-electron chi connectivity index (χ3n) is 3.42. The fraction of sp³-hybridized carbons (Fsp3) is 0.750. The molecule has 6 heteroatoms. The van der Waals surface area contributed by atoms with Gasteiger partial charge in [0, 0.05) is 25.1 Å². The maximum atomic E-state index is 5.39. The van der Waals surface area contributed by atoms with Gasteiger partial charge in [0.2, 0.25) is 0 Å². The Hall–Kier alpha value is -1.56. The second-order valence-corrected chi connectivity index (χ2v) is 5.52. The van der Waals surface area contributed by atoms with Crippen LogP contribution in [0.1, 0.15) is 44.2 Å². The van der Waals surface area contributed by atoms with E-state index in [0.29, 0.717) is 6.54 Å². The highest BCUT2D eigenvalue weighted by atomic mass is 16.5. The predicted octanol–water partition coefficient (Wildman–Crippen LogP) is 1.81. The van der Waals surface area contributed by atoms with E-state index in [1.165, 1.54) is 0 Å². The number of hydrogen-bond acceptors (Lipinski definition) is 4. The molecule has 0 aliphatic rings. The molecule has 1 heterocycles. The Labute approximate surface area is 134 Å². The number of nitrogens with zero attached hydrogens (tertiary/aromatic N) is 3. The normalized spacial score (nSPS) is 12.0. The van der Waals surface area contributed by atoms with Crippen molar-refractivity contribution in [2.24, 2.45) is 4.99 Å². The quantitative estimate of drug-likeness (QED) is 0.414. The Kier molecular flexibility index (Phi) is 8.58. The van der Waals surface area contributed by atoms with Crippen LogP contribution in [0.2, 0.25) is 0 Å². The minimum Gasteiger partial charge on any atom is -0.361 e. The molecule has 126 valence electrons. The van der Waals surface area contributed by atoms with Gasteiger partial charge in [-0.05, 0) is 40.4 Å². The van der Waals surface area contributed by atoms with Gasteiger partial charge in [-0.3, -0.25) is 0 Å². The largest absolute Gasteiger partial charge is 0.361 e. The highest BCUT2D eigenvalue weighted by Gasteiger charge is 2.12. The van der Waals surface area contributed by atoms with E-state index in [1.807, 2.05) is 0 Å². The van der Waals surface area contributed by atoms with Gasteiger partial charge in [-0.2, -0.15) is 0 Å². The lowest BCUT2D eigenvalue weighted by atomic mass is 10.1. The third kappa shape index (κ3) is 6.05. The van der Waals surface area contributed by atoms with Gasteiger partial charge in [0.15, 0.2) is 5.96 Å². The van der Waals surface area contributed by atoms with E-state index in [1.54, 1.807) is 0 Å². The van der Waals surface area contributed by atoms with Gasteiger partial charge >= 0.3 is 0 Å². The molecule has 0 saturated carbocycles. The van der Waals surface area contributed by atoms with E-state index >= 15 is 0 Å². The van der Waals surface area contributed by atoms with E-state index in [2.05, 4.69) is 60.5 Å². The van der Waals surface area contributed by atoms with E-state index < -0.39 is 0 Å². The summed E-state index contributed by atoms with van der Waals surface area (Å²) < 4.78 is 5.39. The SMILES string of the molecule is CCNC(=NCc1c(CC)noc1CC)NCCCN(C)C. The first-order valence-electron chi connectivity index (χ1n) is 8.25. The Balaban J connectivity index is 2.63. The van der Waals surface area contributed by atoms with Crippen LogP contribution in [0.4, 0.5) is 0 Å². The molecule has 0 atom stereocenters. The Morgan fingerprint density at radius 3 is 2.55 bits per heavy atom. The molecule has 2 N–H and O–H groups in total. The summed E-state index contributed by atoms with van der Waals surface area (Å²) in [7, 11) is 4.17. The number of rotatable bonds is 9. The minimum atomic E-state index is 0.610. The minimum absolute atomic E-state index is 0.610. The van der Waals surface area contributed by atoms with Crippen molar-refractivity contribution < 1.29 is 4.52 Å². The summed E-state index contributed by atoms with van der Waals surface area (Å²) in [5.41, 5.74) is 2.15. The van der Waals surface area contributed by atoms with E-state index in [4.69, 9.17) is 4.52 Å². The summed E-state index contributed by atoms with van der Waals surface area (Å²) >= 11 is 0. The van der Waals surface area contributed by atoms with Gasteiger partial charge in [0.1, 0.15) is 5.76 Å². The van der Waals surface area contributed by atoms with Crippen molar-refractivity contribution in [1.29, 1.82) is 0 Å². The summed E-state index contributed by atoms with van der Waals surface area (Å²) in [4.78, 5) is 6.86. The van der Waals surface area contributed by atoms with Crippen molar-refractivity contribution in [3.63, 3.8) is 0 Å². The van der Waals surface area contributed by atoms with Crippen LogP contribution in [-0.4, -0.2) is 49.7 Å². The summed E-state index contributed by atoms with van der Waals surface area (Å²) in [5.74, 6) is 1.80. The van der Waals surface area contributed by atoms with E-state index in [0.717, 1.165) is 61.9 Å². The number of aromatic nitrogens is 1. The van der Waals surface area contributed by atoms with Crippen molar-refractivity contribution >= 4 is 5.96 Å². The van der Waals surface area contributed by atoms with Crippen LogP contribution >= 0.6 is 0 Å². The lowest BCUT2D eigenvalue weighted by Crippen LogP contribution is -2.38. The average Bonchev–Trinajstić information content (AvgIpc) is 2.90. The fourth-order valence-electron chi connectivity index (χ4n) is 2.22. The second kappa shape index (κ2) is 10.2. The molecule has 6 nitrogen and oxygen atoms in total. The Morgan fingerprint density at radius 1 is 1.18 bits per heavy atom. The topological polar surface area (TPSA) is 65.7 Å². The Bertz CT molecular complexity index is 432. The zero-order valence-electron chi connectivity index (χ0n) is 14.7. The van der Waals surface area contributed by atoms with Crippen LogP contribution in [0.15, 0.2) is 9.52 Å². The fourth-order valence-corrected chi connectivity index (χ4v) is 2.22. The van der Waals surface area contributed by atoms with Crippen LogP contribution in [0.25, 0.3) is 0 Å². The predicted molar refractivity (Wildman–Crippen MR) is 91.2 cm³/mol. The van der Waals surface area contributed by atoms with Crippen LogP contribution in [-0.2, 0) is 19.4 Å². The van der Waals surface area contributed by atoms with Gasteiger partial charge in [-0.1, -0.05) is 19.0 Å². The lowest BCUT2D eigenvalue weighted by Gasteiger charge is -2.13. The molecule has 0 radical (unpaired) electrons. The zero-order chi connectivity index (χ0) is 16.4. The molecule has 1 aromatic rings. The second-order valence-electron chi connectivity index (χ2n) is 5.52. The molecule has 1 aromatic heterocycles. The van der Waals surface area contributed by atoms with Crippen molar-refractivity contribution in [2.75, 3.05) is 33.7 Å². The molecule has 0 aliphatic carbocycles. The Morgan fingerprint density at radius 2 is 1.95 bits per heavy atom. The number of guanidine groups is 1. The van der Waals surface area contributed by atoms with E-state index in [9.17, 15) is 0 Å². The summed E-state index contributed by atoms with van der Waals surface area (Å²) in [6.07, 6.45) is 2.82. The van der Waals surface area contributed by atoms with Crippen molar-refractivity contribution in [1.82, 2.24) is 20.7 Å². The molecule has 0 spiro atoms. The smallest absolute Gasteiger partial charge is 0.191 e. The molecule has 0 amide bonds. The van der Waals surface area contributed by atoms with Gasteiger partial charge < -0.3 is 20.1 Å². The van der Waals surface area contributed by atoms with Gasteiger partial charge in [-0.25, -0.2) is 4.99 Å². The molecular weight excluding hydrogens is 278 g/mol. The molecule has 0 aliphatic heterocycles. The molecule has 0 unspecified atom stereocenters. The number of aryl methyl sites for hydroxylation is 2. The molecule has 1 rings (SSSR count). The summed E-state index contributed by atoms with van der Waals surface area (Å²) in [5, 5.41) is 10.8. The van der Waals surface area contributed by atoms with Gasteiger partial charge in [-0.15, -0.1) is 0 Å². The average molecular weight is 309 g/mol. The van der Waals surface area contributed by atoms with Crippen molar-refractivity contribution in [2.45, 2.75) is 46.6 Å². The van der Waals surface area contributed by atoms with E-state index in [-0.39, 0.29) is 0 Å². The molecule has 0 saturated heterocycles. The molecule has 0 aromatic carbocycles. The summed E-state index contributed by atoms with van der Waals surface area (Å²) in [6, 6.07) is 0. The van der Waals surface area contributed by atoms with Crippen molar-refractivity contribution in [3.05, 3.63) is 17.0 Å². The highest BCUT2D eigenvalue weighted by molar-refractivity contribution is 5.79. The van der Waals surface area contributed by atoms with Crippen LogP contribution in [0.5, 0.6) is 0 Å². The standard InChI is InChI=1S/C16H31N5O/c1-6-14-13(15(7-2)22-20-14)12-19-16(17-8-3)18-10-9-11-21(4)5/h6-12H2,1-5H3,(H2,17,18,19). The maximum absolute atomic E-state index is 5.39. The molecule has 0 bridgehead atoms. The first kappa shape index (κ1) is 18.5. The van der Waals surface area contributed by atoms with Gasteiger partial charge in [0.05, 0.1) is 12.2 Å². The maximum Gasteiger partial charge on any atom is 0.191 e. The summed E-state index contributed by atoms with van der Waals surface area (Å²) in [6.45, 7) is 9.69. The number of nitrogens with one attached hydrogen (secondary N) is 2. The number of hydrogen-bond donors (Lipinski definition) is 2. The highest BCUT2D eigenvalue weighted by Crippen LogP contribution is 2.16. The first-order chi connectivity index (χ1) is 10.6.